The molecule has 0 bridgehead atoms. The van der Waals surface area contributed by atoms with Gasteiger partial charge in [0.1, 0.15) is 9.40 Å². The van der Waals surface area contributed by atoms with E-state index >= 15 is 0 Å². The molecule has 2 aromatic heterocycles. The SMILES string of the molecule is O=c1[nH]sc2sc3c(F)c(F)c(F)cc3c(=O)c12. The van der Waals surface area contributed by atoms with Crippen molar-refractivity contribution in [1.29, 1.82) is 0 Å². The van der Waals surface area contributed by atoms with Crippen molar-refractivity contribution in [1.82, 2.24) is 4.37 Å². The van der Waals surface area contributed by atoms with Gasteiger partial charge in [-0.1, -0.05) is 0 Å². The van der Waals surface area contributed by atoms with E-state index in [1.165, 1.54) is 0 Å². The molecule has 3 rings (SSSR count). The van der Waals surface area contributed by atoms with Crippen LogP contribution in [0.4, 0.5) is 13.2 Å². The van der Waals surface area contributed by atoms with Crippen molar-refractivity contribution in [2.75, 3.05) is 0 Å². The van der Waals surface area contributed by atoms with Crippen molar-refractivity contribution in [2.45, 2.75) is 0 Å². The van der Waals surface area contributed by atoms with E-state index in [1.54, 1.807) is 0 Å². The molecule has 0 aliphatic heterocycles. The molecule has 2 heterocycles. The van der Waals surface area contributed by atoms with Crippen molar-refractivity contribution >= 4 is 42.4 Å². The van der Waals surface area contributed by atoms with Crippen molar-refractivity contribution in [3.8, 4) is 0 Å². The highest BCUT2D eigenvalue weighted by molar-refractivity contribution is 7.38. The topological polar surface area (TPSA) is 49.9 Å². The Balaban J connectivity index is 2.71. The van der Waals surface area contributed by atoms with Gasteiger partial charge in [-0.05, 0) is 17.6 Å². The van der Waals surface area contributed by atoms with Crippen LogP contribution in [0.1, 0.15) is 0 Å². The molecule has 0 saturated carbocycles. The first-order valence-electron chi connectivity index (χ1n) is 4.62. The molecule has 8 heteroatoms. The highest BCUT2D eigenvalue weighted by Crippen LogP contribution is 2.29. The number of nitrogens with one attached hydrogen (secondary N) is 1. The highest BCUT2D eigenvalue weighted by Gasteiger charge is 2.19. The second kappa shape index (κ2) is 3.66. The predicted octanol–water partition coefficient (Wildman–Crippen LogP) is 2.58. The summed E-state index contributed by atoms with van der Waals surface area (Å²) in [6, 6.07) is 0.614. The van der Waals surface area contributed by atoms with Gasteiger partial charge in [0, 0.05) is 5.39 Å². The summed E-state index contributed by atoms with van der Waals surface area (Å²) in [5, 5.41) is -0.476. The molecule has 0 atom stereocenters. The first kappa shape index (κ1) is 11.4. The lowest BCUT2D eigenvalue weighted by molar-refractivity contribution is 0.454. The van der Waals surface area contributed by atoms with E-state index in [-0.39, 0.29) is 19.5 Å². The number of aromatic nitrogens is 1. The largest absolute Gasteiger partial charge is 0.288 e. The van der Waals surface area contributed by atoms with Crippen LogP contribution in [0, 0.1) is 17.5 Å². The minimum atomic E-state index is -1.62. The van der Waals surface area contributed by atoms with Gasteiger partial charge in [0.25, 0.3) is 5.56 Å². The van der Waals surface area contributed by atoms with Gasteiger partial charge < -0.3 is 0 Å². The van der Waals surface area contributed by atoms with E-state index in [0.717, 1.165) is 22.9 Å². The number of fused-ring (bicyclic) bond motifs is 2. The summed E-state index contributed by atoms with van der Waals surface area (Å²) in [5.41, 5.74) is -1.40. The van der Waals surface area contributed by atoms with E-state index < -0.39 is 28.4 Å². The summed E-state index contributed by atoms with van der Waals surface area (Å²) in [6.45, 7) is 0. The second-order valence-electron chi connectivity index (χ2n) is 3.49. The van der Waals surface area contributed by atoms with E-state index in [1.807, 2.05) is 0 Å². The first-order valence-corrected chi connectivity index (χ1v) is 6.25. The molecule has 0 aliphatic rings. The third-order valence-corrected chi connectivity index (χ3v) is 4.62. The summed E-state index contributed by atoms with van der Waals surface area (Å²) >= 11 is 1.60. The molecule has 0 amide bonds. The molecule has 3 aromatic rings. The third-order valence-electron chi connectivity index (χ3n) is 2.45. The number of H-pyrrole nitrogens is 1. The quantitative estimate of drug-likeness (QED) is 0.647. The Morgan fingerprint density at radius 1 is 1.11 bits per heavy atom. The van der Waals surface area contributed by atoms with Gasteiger partial charge in [-0.3, -0.25) is 14.0 Å². The molecule has 1 N–H and O–H groups in total. The number of hydrogen-bond acceptors (Lipinski definition) is 4. The summed E-state index contributed by atoms with van der Waals surface area (Å²) in [4.78, 5) is 23.3. The molecule has 92 valence electrons. The van der Waals surface area contributed by atoms with Gasteiger partial charge in [-0.15, -0.1) is 11.3 Å². The van der Waals surface area contributed by atoms with Crippen LogP contribution >= 0.6 is 22.9 Å². The Kier molecular flexibility index (Phi) is 2.32. The lowest BCUT2D eigenvalue weighted by Crippen LogP contribution is -2.11. The number of hydrogen-bond donors (Lipinski definition) is 1. The first-order chi connectivity index (χ1) is 8.50. The maximum Gasteiger partial charge on any atom is 0.270 e. The van der Waals surface area contributed by atoms with Crippen LogP contribution in [0.3, 0.4) is 0 Å². The molecule has 0 fully saturated rings. The Bertz CT molecular complexity index is 909. The minimum Gasteiger partial charge on any atom is -0.288 e. The minimum absolute atomic E-state index is 0.150. The molecule has 0 aliphatic carbocycles. The van der Waals surface area contributed by atoms with Crippen LogP contribution in [0.2, 0.25) is 0 Å². The van der Waals surface area contributed by atoms with E-state index in [4.69, 9.17) is 0 Å². The molecule has 3 nitrogen and oxygen atoms in total. The van der Waals surface area contributed by atoms with Crippen LogP contribution in [-0.4, -0.2) is 4.37 Å². The molecular formula is C10H2F3NO2S2. The lowest BCUT2D eigenvalue weighted by atomic mass is 10.2. The van der Waals surface area contributed by atoms with Gasteiger partial charge >= 0.3 is 0 Å². The normalized spacial score (nSPS) is 11.5. The van der Waals surface area contributed by atoms with E-state index in [0.29, 0.717) is 6.07 Å². The van der Waals surface area contributed by atoms with Crippen LogP contribution in [0.15, 0.2) is 15.7 Å². The third kappa shape index (κ3) is 1.36. The van der Waals surface area contributed by atoms with Crippen LogP contribution in [0.5, 0.6) is 0 Å². The van der Waals surface area contributed by atoms with E-state index in [9.17, 15) is 22.8 Å². The molecule has 0 saturated heterocycles. The fourth-order valence-electron chi connectivity index (χ4n) is 1.63. The molecule has 0 unspecified atom stereocenters. The van der Waals surface area contributed by atoms with Crippen LogP contribution in [-0.2, 0) is 0 Å². The Hall–Kier alpha value is -1.67. The number of halogens is 3. The van der Waals surface area contributed by atoms with Crippen molar-refractivity contribution in [3.05, 3.63) is 44.1 Å². The van der Waals surface area contributed by atoms with Gasteiger partial charge in [0.05, 0.1) is 4.70 Å². The average molecular weight is 289 g/mol. The maximum atomic E-state index is 13.5. The molecule has 18 heavy (non-hydrogen) atoms. The summed E-state index contributed by atoms with van der Waals surface area (Å²) < 4.78 is 42.0. The zero-order valence-corrected chi connectivity index (χ0v) is 9.98. The van der Waals surface area contributed by atoms with Crippen LogP contribution in [0.25, 0.3) is 19.5 Å². The molecule has 1 aromatic carbocycles. The average Bonchev–Trinajstić information content (AvgIpc) is 2.70. The summed E-state index contributed by atoms with van der Waals surface area (Å²) in [6.07, 6.45) is 0. The smallest absolute Gasteiger partial charge is 0.270 e. The zero-order valence-electron chi connectivity index (χ0n) is 8.34. The van der Waals surface area contributed by atoms with Gasteiger partial charge in [0.15, 0.2) is 17.5 Å². The Labute approximate surface area is 104 Å². The van der Waals surface area contributed by atoms with Crippen molar-refractivity contribution < 1.29 is 13.2 Å². The Morgan fingerprint density at radius 3 is 2.56 bits per heavy atom. The fourth-order valence-corrected chi connectivity index (χ4v) is 3.66. The summed E-state index contributed by atoms with van der Waals surface area (Å²) in [5.74, 6) is -4.48. The van der Waals surface area contributed by atoms with Crippen molar-refractivity contribution in [3.63, 3.8) is 0 Å². The second-order valence-corrected chi connectivity index (χ2v) is 5.59. The molecular weight excluding hydrogens is 287 g/mol. The lowest BCUT2D eigenvalue weighted by Gasteiger charge is -2.00. The van der Waals surface area contributed by atoms with Gasteiger partial charge in [-0.2, -0.15) is 0 Å². The fraction of sp³-hybridized carbons (Fsp3) is 0. The number of aromatic amines is 1. The van der Waals surface area contributed by atoms with Crippen molar-refractivity contribution in [2.24, 2.45) is 0 Å². The molecule has 0 spiro atoms. The zero-order chi connectivity index (χ0) is 13.0. The summed E-state index contributed by atoms with van der Waals surface area (Å²) in [7, 11) is 0. The predicted molar refractivity (Wildman–Crippen MR) is 64.0 cm³/mol. The number of rotatable bonds is 0. The van der Waals surface area contributed by atoms with Gasteiger partial charge in [-0.25, -0.2) is 13.2 Å². The highest BCUT2D eigenvalue weighted by atomic mass is 32.2. The maximum absolute atomic E-state index is 13.5. The van der Waals surface area contributed by atoms with Gasteiger partial charge in [0.2, 0.25) is 5.43 Å². The van der Waals surface area contributed by atoms with Crippen LogP contribution < -0.4 is 11.0 Å². The number of benzene rings is 1. The monoisotopic (exact) mass is 289 g/mol. The van der Waals surface area contributed by atoms with E-state index in [2.05, 4.69) is 4.37 Å². The molecule has 0 radical (unpaired) electrons. The Morgan fingerprint density at radius 2 is 1.83 bits per heavy atom. The standard InChI is InChI=1S/C10H2F3NO2S2/c11-3-1-2-7(15)4-9(16)14-18-10(4)17-8(2)6(13)5(3)12/h1H,(H,14,16).